The van der Waals surface area contributed by atoms with Crippen molar-refractivity contribution in [1.29, 1.82) is 0 Å². The maximum Gasteiger partial charge on any atom is 0.305 e. The molecule has 2 aromatic heterocycles. The summed E-state index contributed by atoms with van der Waals surface area (Å²) in [6, 6.07) is 1.66. The van der Waals surface area contributed by atoms with E-state index in [2.05, 4.69) is 32.7 Å². The third kappa shape index (κ3) is 5.77. The maximum absolute atomic E-state index is 16.2. The van der Waals surface area contributed by atoms with Gasteiger partial charge in [0.05, 0.1) is 36.2 Å². The lowest BCUT2D eigenvalue weighted by Gasteiger charge is -2.42. The van der Waals surface area contributed by atoms with Gasteiger partial charge >= 0.3 is 5.92 Å². The molecule has 0 spiro atoms. The number of aliphatic hydroxyl groups is 1. The molecule has 1 aliphatic carbocycles. The number of halogens is 4. The molecular formula is C28H28F4N6O3S. The summed E-state index contributed by atoms with van der Waals surface area (Å²) in [7, 11) is 0. The minimum Gasteiger partial charge on any atom is -0.378 e. The summed E-state index contributed by atoms with van der Waals surface area (Å²) in [5, 5.41) is 24.5. The molecule has 2 aromatic rings. The quantitative estimate of drug-likeness (QED) is 0.370. The van der Waals surface area contributed by atoms with Gasteiger partial charge in [0.1, 0.15) is 18.2 Å². The normalized spacial score (nSPS) is 24.0. The summed E-state index contributed by atoms with van der Waals surface area (Å²) >= 11 is 1.23. The largest absolute Gasteiger partial charge is 0.378 e. The highest BCUT2D eigenvalue weighted by atomic mass is 32.1. The second-order valence-electron chi connectivity index (χ2n) is 10.1. The summed E-state index contributed by atoms with van der Waals surface area (Å²) in [5.74, 6) is -1.20. The molecule has 0 saturated carbocycles. The molecule has 0 radical (unpaired) electrons. The smallest absolute Gasteiger partial charge is 0.305 e. The Morgan fingerprint density at radius 3 is 2.69 bits per heavy atom. The van der Waals surface area contributed by atoms with E-state index in [1.807, 2.05) is 0 Å². The number of thiophene rings is 1. The minimum atomic E-state index is -3.99. The Morgan fingerprint density at radius 2 is 2.02 bits per heavy atom. The molecule has 4 unspecified atom stereocenters. The molecule has 1 fully saturated rings. The average Bonchev–Trinajstić information content (AvgIpc) is 3.70. The van der Waals surface area contributed by atoms with E-state index in [1.165, 1.54) is 36.6 Å². The molecule has 2 N–H and O–H groups in total. The van der Waals surface area contributed by atoms with Crippen molar-refractivity contribution in [2.24, 2.45) is 11.8 Å². The number of carbonyl (C=O) groups is 1. The molecule has 3 aliphatic rings. The van der Waals surface area contributed by atoms with E-state index < -0.39 is 54.0 Å². The Kier molecular flexibility index (Phi) is 8.63. The number of hydrogen-bond acceptors (Lipinski definition) is 8. The summed E-state index contributed by atoms with van der Waals surface area (Å²) < 4.78 is 67.2. The molecule has 9 nitrogen and oxygen atoms in total. The average molecular weight is 605 g/mol. The van der Waals surface area contributed by atoms with Crippen LogP contribution < -0.4 is 5.32 Å². The zero-order valence-corrected chi connectivity index (χ0v) is 23.3. The minimum absolute atomic E-state index is 0.0944. The molecule has 2 aliphatic heterocycles. The van der Waals surface area contributed by atoms with Crippen LogP contribution in [0.4, 0.5) is 17.6 Å². The predicted octanol–water partition coefficient (Wildman–Crippen LogP) is 3.05. The lowest BCUT2D eigenvalue weighted by molar-refractivity contribution is -0.177. The van der Waals surface area contributed by atoms with Crippen LogP contribution in [0.15, 0.2) is 65.9 Å². The Bertz CT molecular complexity index is 1490. The van der Waals surface area contributed by atoms with Crippen molar-refractivity contribution in [1.82, 2.24) is 30.4 Å². The summed E-state index contributed by atoms with van der Waals surface area (Å²) in [6.07, 6.45) is 7.11. The number of alkyl halides is 3. The van der Waals surface area contributed by atoms with Gasteiger partial charge in [-0.2, -0.15) is 0 Å². The van der Waals surface area contributed by atoms with Gasteiger partial charge in [0.2, 0.25) is 0 Å². The zero-order chi connectivity index (χ0) is 29.9. The van der Waals surface area contributed by atoms with Crippen molar-refractivity contribution in [2.75, 3.05) is 33.0 Å². The Balaban J connectivity index is 1.34. The van der Waals surface area contributed by atoms with Gasteiger partial charge in [-0.3, -0.25) is 9.18 Å². The molecule has 0 bridgehead atoms. The number of aromatic nitrogens is 4. The van der Waals surface area contributed by atoms with E-state index in [4.69, 9.17) is 4.74 Å². The first-order valence-electron chi connectivity index (χ1n) is 13.2. The first-order valence-corrected chi connectivity index (χ1v) is 14.0. The molecule has 42 heavy (non-hydrogen) atoms. The number of allylic oxidation sites excluding steroid dienone is 4. The van der Waals surface area contributed by atoms with E-state index in [9.17, 15) is 14.3 Å². The van der Waals surface area contributed by atoms with Crippen LogP contribution in [0, 0.1) is 23.7 Å². The van der Waals surface area contributed by atoms with E-state index >= 15 is 13.2 Å². The van der Waals surface area contributed by atoms with Crippen molar-refractivity contribution < 1.29 is 32.2 Å². The van der Waals surface area contributed by atoms with Crippen LogP contribution in [0.3, 0.4) is 0 Å². The van der Waals surface area contributed by atoms with Crippen LogP contribution >= 0.6 is 11.3 Å². The van der Waals surface area contributed by atoms with Crippen molar-refractivity contribution >= 4 is 17.2 Å². The number of morpholine rings is 1. The number of rotatable bonds is 7. The van der Waals surface area contributed by atoms with Gasteiger partial charge in [0.15, 0.2) is 5.60 Å². The molecule has 0 aromatic carbocycles. The van der Waals surface area contributed by atoms with Crippen molar-refractivity contribution in [3.63, 3.8) is 0 Å². The topological polar surface area (TPSA) is 105 Å². The van der Waals surface area contributed by atoms with Gasteiger partial charge in [0.25, 0.3) is 5.91 Å². The Hall–Kier alpha value is -3.80. The molecule has 1 amide bonds. The van der Waals surface area contributed by atoms with Crippen LogP contribution in [0.5, 0.6) is 0 Å². The van der Waals surface area contributed by atoms with E-state index in [0.717, 1.165) is 23.2 Å². The molecule has 5 rings (SSSR count). The molecule has 1 saturated heterocycles. The number of ether oxygens (including phenoxy) is 1. The number of amides is 1. The summed E-state index contributed by atoms with van der Waals surface area (Å²) in [5.41, 5.74) is -3.38. The van der Waals surface area contributed by atoms with Gasteiger partial charge in [-0.25, -0.2) is 17.9 Å². The third-order valence-corrected chi connectivity index (χ3v) is 8.48. The van der Waals surface area contributed by atoms with Gasteiger partial charge < -0.3 is 20.1 Å². The molecular weight excluding hydrogens is 576 g/mol. The highest BCUT2D eigenvalue weighted by Crippen LogP contribution is 2.45. The molecule has 4 heterocycles. The van der Waals surface area contributed by atoms with Crippen LogP contribution in [0.1, 0.15) is 21.5 Å². The second kappa shape index (κ2) is 12.2. The number of nitrogens with zero attached hydrogens (tertiary/aromatic N) is 5. The maximum atomic E-state index is 16.2. The van der Waals surface area contributed by atoms with Gasteiger partial charge in [-0.15, -0.1) is 16.4 Å². The fourth-order valence-electron chi connectivity index (χ4n) is 4.90. The molecule has 14 heteroatoms. The number of hydrogen-bond donors (Lipinski definition) is 2. The Morgan fingerprint density at radius 1 is 1.24 bits per heavy atom. The van der Waals surface area contributed by atoms with Crippen LogP contribution in [-0.4, -0.2) is 86.7 Å². The van der Waals surface area contributed by atoms with E-state index in [-0.39, 0.29) is 5.91 Å². The number of dihydropyridines is 1. The van der Waals surface area contributed by atoms with Crippen LogP contribution in [-0.2, 0) is 11.3 Å². The monoisotopic (exact) mass is 604 g/mol. The highest BCUT2D eigenvalue weighted by Gasteiger charge is 2.60. The van der Waals surface area contributed by atoms with Crippen molar-refractivity contribution in [2.45, 2.75) is 31.0 Å². The van der Waals surface area contributed by atoms with E-state index in [0.29, 0.717) is 41.6 Å². The molecule has 222 valence electrons. The van der Waals surface area contributed by atoms with E-state index in [1.54, 1.807) is 17.0 Å². The summed E-state index contributed by atoms with van der Waals surface area (Å²) in [6.45, 7) is 1.67. The van der Waals surface area contributed by atoms with Crippen LogP contribution in [0.25, 0.3) is 0 Å². The Labute approximate surface area is 243 Å². The zero-order valence-electron chi connectivity index (χ0n) is 22.5. The number of tetrazole rings is 1. The number of nitrogens with one attached hydrogen (secondary N) is 1. The number of carbonyl (C=O) groups excluding carboxylic acids is 1. The summed E-state index contributed by atoms with van der Waals surface area (Å²) in [4.78, 5) is 15.5. The second-order valence-corrected chi connectivity index (χ2v) is 11.2. The fourth-order valence-corrected chi connectivity index (χ4v) is 5.72. The third-order valence-electron chi connectivity index (χ3n) is 7.49. The lowest BCUT2D eigenvalue weighted by Crippen LogP contribution is -2.61. The lowest BCUT2D eigenvalue weighted by atomic mass is 9.76. The molecule has 4 atom stereocenters. The van der Waals surface area contributed by atoms with Crippen LogP contribution in [0.2, 0.25) is 0 Å². The van der Waals surface area contributed by atoms with Gasteiger partial charge in [-0.1, -0.05) is 37.0 Å². The van der Waals surface area contributed by atoms with Gasteiger partial charge in [-0.05, 0) is 28.6 Å². The highest BCUT2D eigenvalue weighted by molar-refractivity contribution is 7.14. The predicted molar refractivity (Wildman–Crippen MR) is 146 cm³/mol. The first-order chi connectivity index (χ1) is 20.1. The van der Waals surface area contributed by atoms with Crippen molar-refractivity contribution in [3.05, 3.63) is 75.7 Å². The standard InChI is InChI=1S/C28H28F4N6O3S/c1-18-20(14-29)4-7-22(25(18)30)27(40,16-38-17-34-35-36-38)28(31,32)24-9-3-19(15-33-24)2-5-21-6-8-23(42-21)26(39)37-10-12-41-13-11-37/h3-4,6-9,15,17-18,20,24,33,40H,10-14,16H2,1H3. The van der Waals surface area contributed by atoms with Gasteiger partial charge in [0, 0.05) is 42.3 Å². The SMILES string of the molecule is CC1C(F)=C(C(O)(Cn2cnnn2)C(F)(F)C2C=CC(C#Cc3ccc(C(=O)N4CCOCC4)s3)=CN2)C=CC1CF. The van der Waals surface area contributed by atoms with Crippen molar-refractivity contribution in [3.8, 4) is 11.8 Å². The first kappa shape index (κ1) is 29.7. The fraction of sp³-hybridized carbons (Fsp3) is 0.429.